The first kappa shape index (κ1) is 14.9. The van der Waals surface area contributed by atoms with E-state index in [0.29, 0.717) is 6.61 Å². The van der Waals surface area contributed by atoms with Gasteiger partial charge in [0.25, 0.3) is 0 Å². The van der Waals surface area contributed by atoms with Gasteiger partial charge in [-0.15, -0.1) is 0 Å². The summed E-state index contributed by atoms with van der Waals surface area (Å²) in [6, 6.07) is 2.89. The van der Waals surface area contributed by atoms with Crippen molar-refractivity contribution < 1.29 is 19.2 Å². The molecule has 0 amide bonds. The monoisotopic (exact) mass is 268 g/mol. The van der Waals surface area contributed by atoms with Gasteiger partial charge in [0.2, 0.25) is 5.75 Å². The second-order valence-corrected chi connectivity index (χ2v) is 3.86. The van der Waals surface area contributed by atoms with E-state index in [4.69, 9.17) is 9.47 Å². The summed E-state index contributed by atoms with van der Waals surface area (Å²) in [6.45, 7) is 3.77. The molecule has 0 N–H and O–H groups in total. The predicted octanol–water partition coefficient (Wildman–Crippen LogP) is 2.10. The average Bonchev–Trinajstić information content (AvgIpc) is 2.39. The maximum atomic E-state index is 11.6. The Morgan fingerprint density at radius 3 is 2.95 bits per heavy atom. The molecule has 0 radical (unpaired) electrons. The quantitative estimate of drug-likeness (QED) is 0.325. The molecule has 1 rings (SSSR count). The minimum absolute atomic E-state index is 0.0487. The molecule has 7 nitrogen and oxygen atoms in total. The number of hydrogen-bond donors (Lipinski definition) is 0. The van der Waals surface area contributed by atoms with E-state index in [9.17, 15) is 14.9 Å². The predicted molar refractivity (Wildman–Crippen MR) is 66.8 cm³/mol. The second-order valence-electron chi connectivity index (χ2n) is 3.86. The first-order chi connectivity index (χ1) is 9.06. The number of aromatic nitrogens is 1. The SMILES string of the molecule is CCCCOC(=O)C(C)Oc1cccnc1[N+](=O)[O-]. The van der Waals surface area contributed by atoms with E-state index in [1.165, 1.54) is 25.3 Å². The molecule has 0 aromatic carbocycles. The van der Waals surface area contributed by atoms with Crippen molar-refractivity contribution in [2.24, 2.45) is 0 Å². The van der Waals surface area contributed by atoms with Crippen molar-refractivity contribution in [2.45, 2.75) is 32.8 Å². The number of carbonyl (C=O) groups excluding carboxylic acids is 1. The third-order valence-electron chi connectivity index (χ3n) is 2.30. The third-order valence-corrected chi connectivity index (χ3v) is 2.30. The van der Waals surface area contributed by atoms with E-state index in [2.05, 4.69) is 4.98 Å². The molecule has 19 heavy (non-hydrogen) atoms. The van der Waals surface area contributed by atoms with Crippen LogP contribution < -0.4 is 4.74 Å². The zero-order chi connectivity index (χ0) is 14.3. The Hall–Kier alpha value is -2.18. The lowest BCUT2D eigenvalue weighted by atomic mass is 10.3. The molecule has 0 spiro atoms. The van der Waals surface area contributed by atoms with Crippen LogP contribution in [0.4, 0.5) is 5.82 Å². The third kappa shape index (κ3) is 4.53. The maximum Gasteiger partial charge on any atom is 0.406 e. The number of esters is 1. The van der Waals surface area contributed by atoms with Crippen molar-refractivity contribution >= 4 is 11.8 Å². The van der Waals surface area contributed by atoms with Crippen LogP contribution in [0.3, 0.4) is 0 Å². The summed E-state index contributed by atoms with van der Waals surface area (Å²) in [6.07, 6.45) is 2.05. The minimum Gasteiger partial charge on any atom is -0.471 e. The Morgan fingerprint density at radius 2 is 2.32 bits per heavy atom. The molecule has 0 bridgehead atoms. The summed E-state index contributed by atoms with van der Waals surface area (Å²) >= 11 is 0. The zero-order valence-electron chi connectivity index (χ0n) is 10.9. The van der Waals surface area contributed by atoms with Crippen LogP contribution in [0.2, 0.25) is 0 Å². The molecule has 1 heterocycles. The second kappa shape index (κ2) is 7.30. The first-order valence-electron chi connectivity index (χ1n) is 5.99. The van der Waals surface area contributed by atoms with Crippen LogP contribution in [0, 0.1) is 10.1 Å². The lowest BCUT2D eigenvalue weighted by Gasteiger charge is -2.13. The summed E-state index contributed by atoms with van der Waals surface area (Å²) in [5.41, 5.74) is 0. The number of ether oxygens (including phenoxy) is 2. The summed E-state index contributed by atoms with van der Waals surface area (Å²) in [5.74, 6) is -1.02. The molecule has 1 atom stereocenters. The molecular weight excluding hydrogens is 252 g/mol. The molecule has 7 heteroatoms. The molecule has 0 aliphatic rings. The van der Waals surface area contributed by atoms with Crippen LogP contribution in [0.25, 0.3) is 0 Å². The van der Waals surface area contributed by atoms with Crippen molar-refractivity contribution in [3.8, 4) is 5.75 Å². The summed E-state index contributed by atoms with van der Waals surface area (Å²) in [7, 11) is 0. The van der Waals surface area contributed by atoms with E-state index < -0.39 is 22.8 Å². The smallest absolute Gasteiger partial charge is 0.406 e. The van der Waals surface area contributed by atoms with E-state index >= 15 is 0 Å². The van der Waals surface area contributed by atoms with Crippen molar-refractivity contribution in [1.29, 1.82) is 0 Å². The van der Waals surface area contributed by atoms with Gasteiger partial charge in [0.1, 0.15) is 6.20 Å². The van der Waals surface area contributed by atoms with Gasteiger partial charge in [-0.05, 0) is 35.4 Å². The fourth-order valence-electron chi connectivity index (χ4n) is 1.28. The Bertz CT molecular complexity index is 450. The fraction of sp³-hybridized carbons (Fsp3) is 0.500. The van der Waals surface area contributed by atoms with Crippen LogP contribution >= 0.6 is 0 Å². The van der Waals surface area contributed by atoms with Crippen LogP contribution in [-0.2, 0) is 9.53 Å². The first-order valence-corrected chi connectivity index (χ1v) is 5.99. The summed E-state index contributed by atoms with van der Waals surface area (Å²) < 4.78 is 10.2. The highest BCUT2D eigenvalue weighted by Gasteiger charge is 2.22. The molecule has 0 saturated heterocycles. The number of rotatable bonds is 7. The van der Waals surface area contributed by atoms with Crippen LogP contribution in [0.1, 0.15) is 26.7 Å². The van der Waals surface area contributed by atoms with Crippen LogP contribution in [0.15, 0.2) is 18.3 Å². The Labute approximate surface area is 110 Å². The highest BCUT2D eigenvalue weighted by atomic mass is 16.6. The number of unbranched alkanes of at least 4 members (excludes halogenated alkanes) is 1. The number of carbonyl (C=O) groups is 1. The maximum absolute atomic E-state index is 11.6. The highest BCUT2D eigenvalue weighted by Crippen LogP contribution is 2.24. The van der Waals surface area contributed by atoms with Gasteiger partial charge in [0, 0.05) is 0 Å². The van der Waals surface area contributed by atoms with Gasteiger partial charge in [0.15, 0.2) is 6.10 Å². The fourth-order valence-corrected chi connectivity index (χ4v) is 1.28. The zero-order valence-corrected chi connectivity index (χ0v) is 10.9. The average molecular weight is 268 g/mol. The lowest BCUT2D eigenvalue weighted by Crippen LogP contribution is -2.26. The topological polar surface area (TPSA) is 91.6 Å². The van der Waals surface area contributed by atoms with Crippen molar-refractivity contribution in [3.05, 3.63) is 28.4 Å². The lowest BCUT2D eigenvalue weighted by molar-refractivity contribution is -0.390. The van der Waals surface area contributed by atoms with E-state index in [1.54, 1.807) is 0 Å². The van der Waals surface area contributed by atoms with Gasteiger partial charge in [-0.25, -0.2) is 4.79 Å². The van der Waals surface area contributed by atoms with E-state index in [-0.39, 0.29) is 5.75 Å². The molecule has 0 saturated carbocycles. The Balaban J connectivity index is 2.63. The van der Waals surface area contributed by atoms with Crippen molar-refractivity contribution in [1.82, 2.24) is 4.98 Å². The number of nitro groups is 1. The minimum atomic E-state index is -0.917. The highest BCUT2D eigenvalue weighted by molar-refractivity contribution is 5.74. The van der Waals surface area contributed by atoms with E-state index in [0.717, 1.165) is 12.8 Å². The van der Waals surface area contributed by atoms with Gasteiger partial charge >= 0.3 is 11.8 Å². The molecule has 1 aromatic rings. The number of pyridine rings is 1. The molecule has 1 unspecified atom stereocenters. The summed E-state index contributed by atoms with van der Waals surface area (Å²) in [5, 5.41) is 10.7. The summed E-state index contributed by atoms with van der Waals surface area (Å²) in [4.78, 5) is 25.2. The van der Waals surface area contributed by atoms with Gasteiger partial charge in [-0.2, -0.15) is 0 Å². The van der Waals surface area contributed by atoms with Crippen LogP contribution in [0.5, 0.6) is 5.75 Å². The molecule has 1 aromatic heterocycles. The van der Waals surface area contributed by atoms with Gasteiger partial charge in [-0.3, -0.25) is 0 Å². The van der Waals surface area contributed by atoms with Crippen LogP contribution in [-0.4, -0.2) is 28.6 Å². The molecule has 0 fully saturated rings. The number of hydrogen-bond acceptors (Lipinski definition) is 6. The van der Waals surface area contributed by atoms with Gasteiger partial charge in [-0.1, -0.05) is 13.3 Å². The van der Waals surface area contributed by atoms with Gasteiger partial charge in [0.05, 0.1) is 6.61 Å². The molecule has 0 aliphatic carbocycles. The van der Waals surface area contributed by atoms with Crippen molar-refractivity contribution in [2.75, 3.05) is 6.61 Å². The normalized spacial score (nSPS) is 11.7. The molecule has 0 aliphatic heterocycles. The van der Waals surface area contributed by atoms with Crippen molar-refractivity contribution in [3.63, 3.8) is 0 Å². The Kier molecular flexibility index (Phi) is 5.72. The van der Waals surface area contributed by atoms with Gasteiger partial charge < -0.3 is 19.6 Å². The number of nitrogens with zero attached hydrogens (tertiary/aromatic N) is 2. The largest absolute Gasteiger partial charge is 0.471 e. The molecular formula is C12H16N2O5. The molecule has 104 valence electrons. The van der Waals surface area contributed by atoms with E-state index in [1.807, 2.05) is 6.92 Å². The Morgan fingerprint density at radius 1 is 1.58 bits per heavy atom. The standard InChI is InChI=1S/C12H16N2O5/c1-3-4-8-18-12(15)9(2)19-10-6-5-7-13-11(10)14(16)17/h5-7,9H,3-4,8H2,1-2H3.